The second-order valence-corrected chi connectivity index (χ2v) is 7.68. The first-order valence-corrected chi connectivity index (χ1v) is 8.44. The molecule has 0 amide bonds. The van der Waals surface area contributed by atoms with Gasteiger partial charge < -0.3 is 16.2 Å². The highest BCUT2D eigenvalue weighted by atomic mass is 32.2. The Labute approximate surface area is 120 Å². The van der Waals surface area contributed by atoms with Gasteiger partial charge in [-0.25, -0.2) is 8.42 Å². The van der Waals surface area contributed by atoms with Crippen molar-refractivity contribution in [3.05, 3.63) is 29.8 Å². The molecule has 0 unspecified atom stereocenters. The first kappa shape index (κ1) is 15.3. The van der Waals surface area contributed by atoms with Crippen molar-refractivity contribution in [2.24, 2.45) is 16.9 Å². The Morgan fingerprint density at radius 2 is 1.75 bits per heavy atom. The average molecular weight is 298 g/mol. The molecule has 112 valence electrons. The number of ether oxygens (including phenoxy) is 1. The van der Waals surface area contributed by atoms with E-state index in [9.17, 15) is 8.42 Å². The van der Waals surface area contributed by atoms with E-state index in [1.165, 1.54) is 0 Å². The average Bonchev–Trinajstić information content (AvgIpc) is 3.18. The van der Waals surface area contributed by atoms with Gasteiger partial charge in [-0.05, 0) is 17.7 Å². The first-order valence-electron chi connectivity index (χ1n) is 6.72. The van der Waals surface area contributed by atoms with E-state index in [2.05, 4.69) is 0 Å². The van der Waals surface area contributed by atoms with Gasteiger partial charge in [-0.3, -0.25) is 0 Å². The number of nitrogens with two attached hydrogens (primary N) is 2. The van der Waals surface area contributed by atoms with Crippen LogP contribution in [0, 0.1) is 5.41 Å². The Balaban J connectivity index is 2.38. The van der Waals surface area contributed by atoms with Crippen molar-refractivity contribution in [2.45, 2.75) is 18.1 Å². The third-order valence-electron chi connectivity index (χ3n) is 4.40. The first-order chi connectivity index (χ1) is 9.46. The van der Waals surface area contributed by atoms with Crippen molar-refractivity contribution in [3.63, 3.8) is 0 Å². The quantitative estimate of drug-likeness (QED) is 0.797. The minimum Gasteiger partial charge on any atom is -0.497 e. The van der Waals surface area contributed by atoms with Crippen molar-refractivity contribution in [1.82, 2.24) is 0 Å². The Kier molecular flexibility index (Phi) is 4.09. The molecule has 1 aromatic rings. The largest absolute Gasteiger partial charge is 0.497 e. The van der Waals surface area contributed by atoms with Gasteiger partial charge in [0.25, 0.3) is 0 Å². The molecule has 0 saturated heterocycles. The van der Waals surface area contributed by atoms with E-state index in [4.69, 9.17) is 16.2 Å². The van der Waals surface area contributed by atoms with Gasteiger partial charge in [-0.15, -0.1) is 0 Å². The predicted octanol–water partition coefficient (Wildman–Crippen LogP) is 0.500. The van der Waals surface area contributed by atoms with Gasteiger partial charge in [0.15, 0.2) is 9.84 Å². The Bertz CT molecular complexity index is 565. The molecule has 0 spiro atoms. The summed E-state index contributed by atoms with van der Waals surface area (Å²) < 4.78 is 29.7. The molecule has 1 aliphatic rings. The van der Waals surface area contributed by atoms with Crippen LogP contribution in [-0.4, -0.2) is 39.6 Å². The number of hydrogen-bond donors (Lipinski definition) is 2. The van der Waals surface area contributed by atoms with Gasteiger partial charge in [-0.2, -0.15) is 0 Å². The van der Waals surface area contributed by atoms with Crippen molar-refractivity contribution in [2.75, 3.05) is 26.0 Å². The van der Waals surface area contributed by atoms with Gasteiger partial charge >= 0.3 is 0 Å². The van der Waals surface area contributed by atoms with E-state index < -0.39 is 20.5 Å². The minimum atomic E-state index is -3.16. The smallest absolute Gasteiger partial charge is 0.154 e. The lowest BCUT2D eigenvalue weighted by atomic mass is 9.99. The molecule has 0 bridgehead atoms. The number of methoxy groups -OCH3 is 1. The summed E-state index contributed by atoms with van der Waals surface area (Å²) in [5.41, 5.74) is 12.1. The van der Waals surface area contributed by atoms with Gasteiger partial charge in [0.1, 0.15) is 5.75 Å². The van der Waals surface area contributed by atoms with E-state index >= 15 is 0 Å². The SMILES string of the molecule is CCS(=O)(=O)[C@@H]1[C@@H](c2ccc(OC)cc2)C1(CN)CN. The highest BCUT2D eigenvalue weighted by molar-refractivity contribution is 7.92. The van der Waals surface area contributed by atoms with Crippen molar-refractivity contribution in [3.8, 4) is 5.75 Å². The van der Waals surface area contributed by atoms with Gasteiger partial charge in [0, 0.05) is 30.2 Å². The van der Waals surface area contributed by atoms with E-state index in [0.717, 1.165) is 11.3 Å². The Morgan fingerprint density at radius 1 is 1.20 bits per heavy atom. The molecule has 6 heteroatoms. The summed E-state index contributed by atoms with van der Waals surface area (Å²) in [6.45, 7) is 2.23. The highest BCUT2D eigenvalue weighted by Crippen LogP contribution is 2.62. The number of sulfone groups is 1. The van der Waals surface area contributed by atoms with Crippen LogP contribution in [0.4, 0.5) is 0 Å². The fourth-order valence-electron chi connectivity index (χ4n) is 3.09. The molecule has 1 saturated carbocycles. The molecule has 0 radical (unpaired) electrons. The van der Waals surface area contributed by atoms with Crippen molar-refractivity contribution in [1.29, 1.82) is 0 Å². The second-order valence-electron chi connectivity index (χ2n) is 5.26. The minimum absolute atomic E-state index is 0.117. The normalized spacial score (nSPS) is 24.4. The monoisotopic (exact) mass is 298 g/mol. The molecule has 5 nitrogen and oxygen atoms in total. The molecular weight excluding hydrogens is 276 g/mol. The standard InChI is InChI=1S/C14H22N2O3S/c1-3-20(17,18)13-12(14(13,8-15)9-16)10-4-6-11(19-2)7-5-10/h4-7,12-13H,3,8-9,15-16H2,1-2H3/t12-,13-/m1/s1. The summed E-state index contributed by atoms with van der Waals surface area (Å²) in [7, 11) is -1.56. The van der Waals surface area contributed by atoms with Crippen LogP contribution in [0.2, 0.25) is 0 Å². The van der Waals surface area contributed by atoms with Crippen molar-refractivity contribution < 1.29 is 13.2 Å². The predicted molar refractivity (Wildman–Crippen MR) is 79.5 cm³/mol. The summed E-state index contributed by atoms with van der Waals surface area (Å²) in [6, 6.07) is 7.46. The summed E-state index contributed by atoms with van der Waals surface area (Å²) >= 11 is 0. The number of hydrogen-bond acceptors (Lipinski definition) is 5. The highest BCUT2D eigenvalue weighted by Gasteiger charge is 2.68. The van der Waals surface area contributed by atoms with Gasteiger partial charge in [-0.1, -0.05) is 19.1 Å². The lowest BCUT2D eigenvalue weighted by Gasteiger charge is -2.12. The molecule has 1 aromatic carbocycles. The molecule has 1 aliphatic carbocycles. The van der Waals surface area contributed by atoms with E-state index in [1.54, 1.807) is 14.0 Å². The number of benzene rings is 1. The molecule has 20 heavy (non-hydrogen) atoms. The second kappa shape index (κ2) is 5.35. The molecular formula is C14H22N2O3S. The zero-order chi connectivity index (χ0) is 15.0. The van der Waals surface area contributed by atoms with Crippen LogP contribution in [0.1, 0.15) is 18.4 Å². The van der Waals surface area contributed by atoms with Crippen LogP contribution in [0.3, 0.4) is 0 Å². The zero-order valence-corrected chi connectivity index (χ0v) is 12.7. The van der Waals surface area contributed by atoms with E-state index in [0.29, 0.717) is 0 Å². The van der Waals surface area contributed by atoms with E-state index in [1.807, 2.05) is 24.3 Å². The van der Waals surface area contributed by atoms with Crippen LogP contribution >= 0.6 is 0 Å². The maximum absolute atomic E-state index is 12.3. The molecule has 0 aliphatic heterocycles. The van der Waals surface area contributed by atoms with Crippen LogP contribution in [0.15, 0.2) is 24.3 Å². The Hall–Kier alpha value is -1.11. The van der Waals surface area contributed by atoms with Crippen LogP contribution < -0.4 is 16.2 Å². The summed E-state index contributed by atoms with van der Waals surface area (Å²) in [5, 5.41) is -0.469. The van der Waals surface area contributed by atoms with Crippen LogP contribution in [-0.2, 0) is 9.84 Å². The number of rotatable bonds is 6. The molecule has 4 N–H and O–H groups in total. The summed E-state index contributed by atoms with van der Waals surface area (Å²) in [5.74, 6) is 0.746. The fraction of sp³-hybridized carbons (Fsp3) is 0.571. The lowest BCUT2D eigenvalue weighted by Crippen LogP contribution is -2.31. The van der Waals surface area contributed by atoms with Gasteiger partial charge in [0.05, 0.1) is 12.4 Å². The lowest BCUT2D eigenvalue weighted by molar-refractivity contribution is 0.414. The zero-order valence-electron chi connectivity index (χ0n) is 11.9. The topological polar surface area (TPSA) is 95.4 Å². The van der Waals surface area contributed by atoms with Crippen molar-refractivity contribution >= 4 is 9.84 Å². The maximum Gasteiger partial charge on any atom is 0.154 e. The molecule has 1 fully saturated rings. The Morgan fingerprint density at radius 3 is 2.15 bits per heavy atom. The van der Waals surface area contributed by atoms with Crippen LogP contribution in [0.5, 0.6) is 5.75 Å². The van der Waals surface area contributed by atoms with Gasteiger partial charge in [0.2, 0.25) is 0 Å². The molecule has 2 rings (SSSR count). The van der Waals surface area contributed by atoms with E-state index in [-0.39, 0.29) is 24.8 Å². The molecule has 2 atom stereocenters. The molecule has 0 aromatic heterocycles. The third-order valence-corrected chi connectivity index (χ3v) is 6.72. The maximum atomic E-state index is 12.3. The van der Waals surface area contributed by atoms with Crippen LogP contribution in [0.25, 0.3) is 0 Å². The molecule has 0 heterocycles. The third kappa shape index (κ3) is 2.21. The fourth-order valence-corrected chi connectivity index (χ4v) is 5.26. The summed E-state index contributed by atoms with van der Waals surface area (Å²) in [6.07, 6.45) is 0. The summed E-state index contributed by atoms with van der Waals surface area (Å²) in [4.78, 5) is 0.